The van der Waals surface area contributed by atoms with Crippen molar-refractivity contribution in [1.29, 1.82) is 0 Å². The lowest BCUT2D eigenvalue weighted by atomic mass is 10.1. The lowest BCUT2D eigenvalue weighted by molar-refractivity contribution is 0.0828. The molecule has 0 atom stereocenters. The lowest BCUT2D eigenvalue weighted by Gasteiger charge is -2.07. The predicted octanol–water partition coefficient (Wildman–Crippen LogP) is 2.48. The quantitative estimate of drug-likeness (QED) is 0.559. The first kappa shape index (κ1) is 21.1. The van der Waals surface area contributed by atoms with Gasteiger partial charge in [-0.05, 0) is 42.0 Å². The molecule has 2 aromatic carbocycles. The second kappa shape index (κ2) is 9.27. The normalized spacial score (nSPS) is 11.0. The SMILES string of the molecule is CS(=O)(=O)Cc1cccc(C(=O)NNC(=O)c2ccc(COc3ccccc3)o2)c1. The smallest absolute Gasteiger partial charge is 0.305 e. The first-order chi connectivity index (χ1) is 14.3. The molecule has 0 aliphatic heterocycles. The van der Waals surface area contributed by atoms with E-state index in [0.717, 1.165) is 6.26 Å². The highest BCUT2D eigenvalue weighted by Gasteiger charge is 2.14. The van der Waals surface area contributed by atoms with Gasteiger partial charge in [-0.1, -0.05) is 30.3 Å². The zero-order valence-corrected chi connectivity index (χ0v) is 16.9. The van der Waals surface area contributed by atoms with Crippen LogP contribution < -0.4 is 15.6 Å². The Labute approximate surface area is 173 Å². The maximum atomic E-state index is 12.2. The molecule has 0 saturated heterocycles. The van der Waals surface area contributed by atoms with Gasteiger partial charge in [0.15, 0.2) is 15.6 Å². The molecule has 3 aromatic rings. The van der Waals surface area contributed by atoms with E-state index in [9.17, 15) is 18.0 Å². The number of rotatable bonds is 7. The summed E-state index contributed by atoms with van der Waals surface area (Å²) in [5.74, 6) is -0.276. The van der Waals surface area contributed by atoms with Crippen molar-refractivity contribution in [3.8, 4) is 5.75 Å². The van der Waals surface area contributed by atoms with Crippen molar-refractivity contribution in [2.75, 3.05) is 6.26 Å². The highest BCUT2D eigenvalue weighted by molar-refractivity contribution is 7.89. The molecular formula is C21H20N2O6S. The number of hydrazine groups is 1. The predicted molar refractivity (Wildman–Crippen MR) is 109 cm³/mol. The summed E-state index contributed by atoms with van der Waals surface area (Å²) < 4.78 is 33.8. The van der Waals surface area contributed by atoms with Crippen LogP contribution in [0.4, 0.5) is 0 Å². The molecule has 8 nitrogen and oxygen atoms in total. The van der Waals surface area contributed by atoms with E-state index in [1.54, 1.807) is 30.3 Å². The lowest BCUT2D eigenvalue weighted by Crippen LogP contribution is -2.41. The van der Waals surface area contributed by atoms with Crippen LogP contribution in [-0.2, 0) is 22.2 Å². The largest absolute Gasteiger partial charge is 0.486 e. The van der Waals surface area contributed by atoms with Crippen molar-refractivity contribution in [2.24, 2.45) is 0 Å². The van der Waals surface area contributed by atoms with Gasteiger partial charge in [-0.25, -0.2) is 8.42 Å². The Balaban J connectivity index is 1.53. The fourth-order valence-corrected chi connectivity index (χ4v) is 3.39. The zero-order chi connectivity index (χ0) is 21.6. The highest BCUT2D eigenvalue weighted by atomic mass is 32.2. The number of benzene rings is 2. The monoisotopic (exact) mass is 428 g/mol. The third-order valence-corrected chi connectivity index (χ3v) is 4.78. The molecule has 2 amide bonds. The van der Waals surface area contributed by atoms with E-state index in [0.29, 0.717) is 17.1 Å². The van der Waals surface area contributed by atoms with Crippen molar-refractivity contribution in [1.82, 2.24) is 10.9 Å². The molecule has 3 rings (SSSR count). The Morgan fingerprint density at radius 3 is 2.40 bits per heavy atom. The minimum Gasteiger partial charge on any atom is -0.486 e. The van der Waals surface area contributed by atoms with Gasteiger partial charge in [0.2, 0.25) is 0 Å². The standard InChI is InChI=1S/C21H20N2O6S/c1-30(26,27)14-15-6-5-7-16(12-15)20(24)22-23-21(25)19-11-10-18(29-19)13-28-17-8-3-2-4-9-17/h2-12H,13-14H2,1H3,(H,22,24)(H,23,25). The molecule has 30 heavy (non-hydrogen) atoms. The van der Waals surface area contributed by atoms with Gasteiger partial charge in [0, 0.05) is 11.8 Å². The van der Waals surface area contributed by atoms with Gasteiger partial charge in [0.25, 0.3) is 5.91 Å². The van der Waals surface area contributed by atoms with Gasteiger partial charge in [-0.15, -0.1) is 0 Å². The molecule has 9 heteroatoms. The van der Waals surface area contributed by atoms with E-state index < -0.39 is 21.7 Å². The van der Waals surface area contributed by atoms with Gasteiger partial charge in [0.05, 0.1) is 5.75 Å². The average Bonchev–Trinajstić information content (AvgIpc) is 3.19. The van der Waals surface area contributed by atoms with Crippen molar-refractivity contribution < 1.29 is 27.2 Å². The molecule has 0 aliphatic rings. The number of carbonyl (C=O) groups is 2. The number of nitrogens with one attached hydrogen (secondary N) is 2. The summed E-state index contributed by atoms with van der Waals surface area (Å²) in [5.41, 5.74) is 5.23. The first-order valence-electron chi connectivity index (χ1n) is 8.94. The topological polar surface area (TPSA) is 115 Å². The summed E-state index contributed by atoms with van der Waals surface area (Å²) in [5, 5.41) is 0. The maximum absolute atomic E-state index is 12.2. The second-order valence-corrected chi connectivity index (χ2v) is 8.69. The Kier molecular flexibility index (Phi) is 6.53. The zero-order valence-electron chi connectivity index (χ0n) is 16.1. The number of carbonyl (C=O) groups excluding carboxylic acids is 2. The molecule has 1 aromatic heterocycles. The fraction of sp³-hybridized carbons (Fsp3) is 0.143. The number of ether oxygens (including phenoxy) is 1. The fourth-order valence-electron chi connectivity index (χ4n) is 2.60. The van der Waals surface area contributed by atoms with Crippen LogP contribution in [-0.4, -0.2) is 26.5 Å². The molecule has 0 bridgehead atoms. The van der Waals surface area contributed by atoms with E-state index in [2.05, 4.69) is 10.9 Å². The van der Waals surface area contributed by atoms with Crippen molar-refractivity contribution in [2.45, 2.75) is 12.4 Å². The summed E-state index contributed by atoms with van der Waals surface area (Å²) >= 11 is 0. The van der Waals surface area contributed by atoms with Crippen LogP contribution in [0.5, 0.6) is 5.75 Å². The van der Waals surface area contributed by atoms with Crippen LogP contribution in [0.25, 0.3) is 0 Å². The molecule has 0 saturated carbocycles. The van der Waals surface area contributed by atoms with Crippen molar-refractivity contribution in [3.63, 3.8) is 0 Å². The Bertz CT molecular complexity index is 1140. The van der Waals surface area contributed by atoms with Crippen molar-refractivity contribution in [3.05, 3.63) is 89.4 Å². The molecule has 1 heterocycles. The van der Waals surface area contributed by atoms with E-state index in [-0.39, 0.29) is 23.7 Å². The molecule has 0 aliphatic carbocycles. The van der Waals surface area contributed by atoms with E-state index in [1.807, 2.05) is 18.2 Å². The van der Waals surface area contributed by atoms with Crippen LogP contribution in [0.1, 0.15) is 32.2 Å². The van der Waals surface area contributed by atoms with Crippen LogP contribution in [0.2, 0.25) is 0 Å². The van der Waals surface area contributed by atoms with E-state index >= 15 is 0 Å². The molecule has 0 spiro atoms. The van der Waals surface area contributed by atoms with Crippen LogP contribution >= 0.6 is 0 Å². The van der Waals surface area contributed by atoms with Gasteiger partial charge in [-0.3, -0.25) is 20.4 Å². The second-order valence-electron chi connectivity index (χ2n) is 6.55. The van der Waals surface area contributed by atoms with Crippen LogP contribution in [0.3, 0.4) is 0 Å². The van der Waals surface area contributed by atoms with Crippen molar-refractivity contribution >= 4 is 21.7 Å². The third kappa shape index (κ3) is 6.21. The van der Waals surface area contributed by atoms with Crippen LogP contribution in [0, 0.1) is 0 Å². The third-order valence-electron chi connectivity index (χ3n) is 3.92. The summed E-state index contributed by atoms with van der Waals surface area (Å²) in [6, 6.07) is 18.4. The summed E-state index contributed by atoms with van der Waals surface area (Å²) in [7, 11) is -3.23. The maximum Gasteiger partial charge on any atom is 0.305 e. The minimum atomic E-state index is -3.23. The summed E-state index contributed by atoms with van der Waals surface area (Å²) in [4.78, 5) is 24.4. The first-order valence-corrected chi connectivity index (χ1v) is 11.0. The molecule has 0 fully saturated rings. The van der Waals surface area contributed by atoms with Gasteiger partial charge >= 0.3 is 5.91 Å². The van der Waals surface area contributed by atoms with Crippen LogP contribution in [0.15, 0.2) is 71.1 Å². The average molecular weight is 428 g/mol. The van der Waals surface area contributed by atoms with E-state index in [1.165, 1.54) is 18.2 Å². The van der Waals surface area contributed by atoms with Gasteiger partial charge in [-0.2, -0.15) is 0 Å². The highest BCUT2D eigenvalue weighted by Crippen LogP contribution is 2.14. The number of furan rings is 1. The summed E-state index contributed by atoms with van der Waals surface area (Å²) in [6.07, 6.45) is 1.11. The Morgan fingerprint density at radius 2 is 1.67 bits per heavy atom. The van der Waals surface area contributed by atoms with Gasteiger partial charge in [0.1, 0.15) is 18.1 Å². The Morgan fingerprint density at radius 1 is 0.933 bits per heavy atom. The molecular weight excluding hydrogens is 408 g/mol. The van der Waals surface area contributed by atoms with E-state index in [4.69, 9.17) is 9.15 Å². The molecule has 0 unspecified atom stereocenters. The Hall–Kier alpha value is -3.59. The number of sulfone groups is 1. The number of amides is 2. The number of hydrogen-bond donors (Lipinski definition) is 2. The number of para-hydroxylation sites is 1. The molecule has 156 valence electrons. The molecule has 0 radical (unpaired) electrons. The minimum absolute atomic E-state index is 0.00721. The summed E-state index contributed by atoms with van der Waals surface area (Å²) in [6.45, 7) is 0.150. The van der Waals surface area contributed by atoms with Gasteiger partial charge < -0.3 is 9.15 Å². The number of hydrogen-bond acceptors (Lipinski definition) is 6. The molecule has 2 N–H and O–H groups in total.